The first-order valence-corrected chi connectivity index (χ1v) is 8.16. The quantitative estimate of drug-likeness (QED) is 0.672. The first-order valence-electron chi connectivity index (χ1n) is 7.78. The summed E-state index contributed by atoms with van der Waals surface area (Å²) in [6.07, 6.45) is 2.51. The molecule has 0 spiro atoms. The summed E-state index contributed by atoms with van der Waals surface area (Å²) in [6.45, 7) is 0.569. The topological polar surface area (TPSA) is 54.1 Å². The van der Waals surface area contributed by atoms with Crippen molar-refractivity contribution in [2.75, 3.05) is 7.11 Å². The Morgan fingerprint density at radius 1 is 1.21 bits per heavy atom. The zero-order valence-electron chi connectivity index (χ0n) is 13.4. The van der Waals surface area contributed by atoms with Crippen LogP contribution in [-0.2, 0) is 22.5 Å². The van der Waals surface area contributed by atoms with E-state index >= 15 is 0 Å². The number of rotatable bonds is 6. The van der Waals surface area contributed by atoms with E-state index in [1.807, 2.05) is 48.7 Å². The Bertz CT molecular complexity index is 827. The van der Waals surface area contributed by atoms with Gasteiger partial charge in [-0.05, 0) is 29.3 Å². The SMILES string of the molecule is COC(=O)[C@@H](Cc1c[nH]c2ccccc12)NCc1ccc(Cl)cc1. The molecule has 1 atom stereocenters. The number of hydrogen-bond donors (Lipinski definition) is 2. The molecule has 0 saturated carbocycles. The summed E-state index contributed by atoms with van der Waals surface area (Å²) in [5.74, 6) is -0.269. The minimum Gasteiger partial charge on any atom is -0.468 e. The highest BCUT2D eigenvalue weighted by atomic mass is 35.5. The maximum Gasteiger partial charge on any atom is 0.323 e. The monoisotopic (exact) mass is 342 g/mol. The first-order chi connectivity index (χ1) is 11.7. The second-order valence-corrected chi connectivity index (χ2v) is 6.08. The van der Waals surface area contributed by atoms with Gasteiger partial charge < -0.3 is 15.0 Å². The molecule has 0 aliphatic rings. The summed E-state index contributed by atoms with van der Waals surface area (Å²) >= 11 is 5.90. The summed E-state index contributed by atoms with van der Waals surface area (Å²) in [5, 5.41) is 5.10. The third-order valence-corrected chi connectivity index (χ3v) is 4.30. The lowest BCUT2D eigenvalue weighted by Crippen LogP contribution is -2.39. The lowest BCUT2D eigenvalue weighted by molar-refractivity contribution is -0.143. The highest BCUT2D eigenvalue weighted by Crippen LogP contribution is 2.19. The Morgan fingerprint density at radius 3 is 2.71 bits per heavy atom. The van der Waals surface area contributed by atoms with Crippen molar-refractivity contribution in [3.63, 3.8) is 0 Å². The Balaban J connectivity index is 1.74. The number of aromatic nitrogens is 1. The number of nitrogens with one attached hydrogen (secondary N) is 2. The van der Waals surface area contributed by atoms with E-state index in [2.05, 4.69) is 16.4 Å². The van der Waals surface area contributed by atoms with E-state index in [-0.39, 0.29) is 5.97 Å². The molecule has 0 bridgehead atoms. The van der Waals surface area contributed by atoms with Crippen molar-refractivity contribution in [2.45, 2.75) is 19.0 Å². The van der Waals surface area contributed by atoms with E-state index < -0.39 is 6.04 Å². The number of ether oxygens (including phenoxy) is 1. The van der Waals surface area contributed by atoms with Gasteiger partial charge in [-0.1, -0.05) is 41.9 Å². The van der Waals surface area contributed by atoms with Crippen LogP contribution in [0.15, 0.2) is 54.7 Å². The number of methoxy groups -OCH3 is 1. The Kier molecular flexibility index (Phi) is 5.18. The summed E-state index contributed by atoms with van der Waals surface area (Å²) in [5.41, 5.74) is 3.21. The van der Waals surface area contributed by atoms with Crippen molar-refractivity contribution >= 4 is 28.5 Å². The van der Waals surface area contributed by atoms with Crippen LogP contribution in [0.1, 0.15) is 11.1 Å². The predicted molar refractivity (Wildman–Crippen MR) is 96.1 cm³/mol. The molecule has 2 aromatic carbocycles. The summed E-state index contributed by atoms with van der Waals surface area (Å²) < 4.78 is 4.95. The van der Waals surface area contributed by atoms with Gasteiger partial charge in [0.1, 0.15) is 6.04 Å². The minimum absolute atomic E-state index is 0.269. The lowest BCUT2D eigenvalue weighted by atomic mass is 10.0. The van der Waals surface area contributed by atoms with Crippen molar-refractivity contribution in [1.82, 2.24) is 10.3 Å². The number of H-pyrrole nitrogens is 1. The van der Waals surface area contributed by atoms with Crippen molar-refractivity contribution in [1.29, 1.82) is 0 Å². The molecule has 0 amide bonds. The molecule has 0 unspecified atom stereocenters. The zero-order chi connectivity index (χ0) is 16.9. The third kappa shape index (κ3) is 3.78. The molecule has 4 nitrogen and oxygen atoms in total. The number of hydrogen-bond acceptors (Lipinski definition) is 3. The molecular formula is C19H19ClN2O2. The molecule has 0 fully saturated rings. The molecule has 24 heavy (non-hydrogen) atoms. The summed E-state index contributed by atoms with van der Waals surface area (Å²) in [7, 11) is 1.41. The number of benzene rings is 2. The molecule has 5 heteroatoms. The maximum atomic E-state index is 12.1. The summed E-state index contributed by atoms with van der Waals surface area (Å²) in [4.78, 5) is 15.4. The Hall–Kier alpha value is -2.30. The van der Waals surface area contributed by atoms with Gasteiger partial charge in [-0.15, -0.1) is 0 Å². The number of aromatic amines is 1. The number of para-hydroxylation sites is 1. The van der Waals surface area contributed by atoms with Gasteiger partial charge >= 0.3 is 5.97 Å². The molecule has 1 aromatic heterocycles. The molecule has 3 aromatic rings. The van der Waals surface area contributed by atoms with E-state index in [9.17, 15) is 4.79 Å². The van der Waals surface area contributed by atoms with E-state index in [4.69, 9.17) is 16.3 Å². The number of carbonyl (C=O) groups is 1. The molecule has 0 aliphatic heterocycles. The molecule has 3 rings (SSSR count). The number of fused-ring (bicyclic) bond motifs is 1. The molecule has 0 radical (unpaired) electrons. The van der Waals surface area contributed by atoms with Gasteiger partial charge in [0.15, 0.2) is 0 Å². The van der Waals surface area contributed by atoms with Crippen LogP contribution in [0.5, 0.6) is 0 Å². The van der Waals surface area contributed by atoms with Crippen molar-refractivity contribution < 1.29 is 9.53 Å². The van der Waals surface area contributed by atoms with Gasteiger partial charge in [0.05, 0.1) is 7.11 Å². The van der Waals surface area contributed by atoms with Crippen LogP contribution < -0.4 is 5.32 Å². The number of carbonyl (C=O) groups excluding carboxylic acids is 1. The average Bonchev–Trinajstić information content (AvgIpc) is 3.02. The van der Waals surface area contributed by atoms with Gasteiger partial charge in [-0.3, -0.25) is 4.79 Å². The fraction of sp³-hybridized carbons (Fsp3) is 0.211. The van der Waals surface area contributed by atoms with Crippen LogP contribution in [0.25, 0.3) is 10.9 Å². The van der Waals surface area contributed by atoms with Crippen LogP contribution >= 0.6 is 11.6 Å². The van der Waals surface area contributed by atoms with Crippen LogP contribution in [0.3, 0.4) is 0 Å². The fourth-order valence-electron chi connectivity index (χ4n) is 2.74. The zero-order valence-corrected chi connectivity index (χ0v) is 14.1. The highest BCUT2D eigenvalue weighted by molar-refractivity contribution is 6.30. The van der Waals surface area contributed by atoms with Crippen molar-refractivity contribution in [3.05, 3.63) is 70.9 Å². The standard InChI is InChI=1S/C19H19ClN2O2/c1-24-19(23)18(21-11-13-6-8-15(20)9-7-13)10-14-12-22-17-5-3-2-4-16(14)17/h2-9,12,18,21-22H,10-11H2,1H3/t18-/m1/s1. The normalized spacial score (nSPS) is 12.2. The number of halogens is 1. The lowest BCUT2D eigenvalue weighted by Gasteiger charge is -2.16. The van der Waals surface area contributed by atoms with Crippen LogP contribution in [0.4, 0.5) is 0 Å². The first kappa shape index (κ1) is 16.6. The van der Waals surface area contributed by atoms with E-state index in [1.54, 1.807) is 0 Å². The van der Waals surface area contributed by atoms with Crippen molar-refractivity contribution in [2.24, 2.45) is 0 Å². The Labute approximate surface area is 145 Å². The van der Waals surface area contributed by atoms with Crippen LogP contribution in [0, 0.1) is 0 Å². The molecular weight excluding hydrogens is 324 g/mol. The molecule has 0 aliphatic carbocycles. The average molecular weight is 343 g/mol. The summed E-state index contributed by atoms with van der Waals surface area (Å²) in [6, 6.07) is 15.2. The van der Waals surface area contributed by atoms with E-state index in [1.165, 1.54) is 7.11 Å². The predicted octanol–water partition coefficient (Wildman–Crippen LogP) is 3.70. The smallest absolute Gasteiger partial charge is 0.323 e. The van der Waals surface area contributed by atoms with Gasteiger partial charge in [-0.2, -0.15) is 0 Å². The second-order valence-electron chi connectivity index (χ2n) is 5.65. The van der Waals surface area contributed by atoms with Gasteiger partial charge in [0.2, 0.25) is 0 Å². The second kappa shape index (κ2) is 7.51. The van der Waals surface area contributed by atoms with Crippen molar-refractivity contribution in [3.8, 4) is 0 Å². The minimum atomic E-state index is -0.412. The molecule has 124 valence electrons. The van der Waals surface area contributed by atoms with Gasteiger partial charge in [-0.25, -0.2) is 0 Å². The largest absolute Gasteiger partial charge is 0.468 e. The van der Waals surface area contributed by atoms with E-state index in [0.29, 0.717) is 18.0 Å². The van der Waals surface area contributed by atoms with Crippen LogP contribution in [-0.4, -0.2) is 24.1 Å². The maximum absolute atomic E-state index is 12.1. The van der Waals surface area contributed by atoms with Crippen LogP contribution in [0.2, 0.25) is 5.02 Å². The van der Waals surface area contributed by atoms with Gasteiger partial charge in [0.25, 0.3) is 0 Å². The van der Waals surface area contributed by atoms with Gasteiger partial charge in [0, 0.05) is 35.1 Å². The van der Waals surface area contributed by atoms with E-state index in [0.717, 1.165) is 22.0 Å². The number of esters is 1. The molecule has 0 saturated heterocycles. The molecule has 2 N–H and O–H groups in total. The fourth-order valence-corrected chi connectivity index (χ4v) is 2.87. The third-order valence-electron chi connectivity index (χ3n) is 4.05. The highest BCUT2D eigenvalue weighted by Gasteiger charge is 2.20. The Morgan fingerprint density at radius 2 is 1.96 bits per heavy atom. The molecule has 1 heterocycles.